The number of carbonyl (C=O) groups excluding carboxylic acids is 2. The molecule has 0 spiro atoms. The van der Waals surface area contributed by atoms with Gasteiger partial charge in [0, 0.05) is 6.92 Å². The van der Waals surface area contributed by atoms with Crippen LogP contribution in [0.5, 0.6) is 0 Å². The molecule has 0 unspecified atom stereocenters. The molecular formula is C22H23FO6. The highest BCUT2D eigenvalue weighted by Crippen LogP contribution is 2.29. The van der Waals surface area contributed by atoms with Gasteiger partial charge < -0.3 is 18.9 Å². The minimum atomic E-state index is -1.63. The molecule has 1 saturated heterocycles. The van der Waals surface area contributed by atoms with E-state index in [-0.39, 0.29) is 13.2 Å². The maximum absolute atomic E-state index is 14.9. The van der Waals surface area contributed by atoms with Crippen molar-refractivity contribution in [3.63, 3.8) is 0 Å². The van der Waals surface area contributed by atoms with E-state index >= 15 is 0 Å². The fourth-order valence-corrected chi connectivity index (χ4v) is 2.94. The van der Waals surface area contributed by atoms with Gasteiger partial charge in [-0.15, -0.1) is 0 Å². The first kappa shape index (κ1) is 21.0. The second-order valence-corrected chi connectivity index (χ2v) is 6.82. The summed E-state index contributed by atoms with van der Waals surface area (Å²) in [6, 6.07) is 16.0. The molecule has 2 aromatic rings. The molecule has 0 radical (unpaired) electrons. The van der Waals surface area contributed by atoms with Crippen LogP contribution in [0.2, 0.25) is 0 Å². The van der Waals surface area contributed by atoms with Crippen LogP contribution in [0.1, 0.15) is 28.4 Å². The van der Waals surface area contributed by atoms with Crippen LogP contribution in [0, 0.1) is 6.92 Å². The number of halogens is 1. The van der Waals surface area contributed by atoms with Crippen molar-refractivity contribution in [2.45, 2.75) is 45.1 Å². The van der Waals surface area contributed by atoms with E-state index in [1.165, 1.54) is 6.92 Å². The molecule has 1 fully saturated rings. The molecule has 7 heteroatoms. The molecule has 0 aromatic heterocycles. The first-order chi connectivity index (χ1) is 13.9. The lowest BCUT2D eigenvalue weighted by Gasteiger charge is -2.19. The van der Waals surface area contributed by atoms with Crippen LogP contribution in [-0.2, 0) is 30.3 Å². The van der Waals surface area contributed by atoms with Gasteiger partial charge in [0.1, 0.15) is 12.7 Å². The Hall–Kier alpha value is -2.77. The van der Waals surface area contributed by atoms with Crippen LogP contribution < -0.4 is 0 Å². The van der Waals surface area contributed by atoms with Crippen LogP contribution >= 0.6 is 0 Å². The number of carbonyl (C=O) groups is 2. The number of hydrogen-bond donors (Lipinski definition) is 0. The van der Waals surface area contributed by atoms with E-state index in [0.717, 1.165) is 11.1 Å². The van der Waals surface area contributed by atoms with Crippen molar-refractivity contribution >= 4 is 11.9 Å². The predicted molar refractivity (Wildman–Crippen MR) is 102 cm³/mol. The van der Waals surface area contributed by atoms with Gasteiger partial charge in [0.05, 0.1) is 12.2 Å². The molecule has 1 aliphatic rings. The van der Waals surface area contributed by atoms with E-state index in [4.69, 9.17) is 18.9 Å². The van der Waals surface area contributed by atoms with E-state index in [1.807, 2.05) is 37.3 Å². The Balaban J connectivity index is 1.60. The highest BCUT2D eigenvalue weighted by Gasteiger charge is 2.48. The average molecular weight is 402 g/mol. The monoisotopic (exact) mass is 402 g/mol. The van der Waals surface area contributed by atoms with Crippen LogP contribution in [0.3, 0.4) is 0 Å². The number of hydrogen-bond acceptors (Lipinski definition) is 6. The lowest BCUT2D eigenvalue weighted by atomic mass is 10.1. The van der Waals surface area contributed by atoms with Gasteiger partial charge in [-0.05, 0) is 24.6 Å². The third-order valence-corrected chi connectivity index (χ3v) is 4.48. The summed E-state index contributed by atoms with van der Waals surface area (Å²) in [5, 5.41) is 0. The van der Waals surface area contributed by atoms with Gasteiger partial charge in [0.25, 0.3) is 0 Å². The van der Waals surface area contributed by atoms with Crippen LogP contribution in [0.4, 0.5) is 4.39 Å². The van der Waals surface area contributed by atoms with E-state index in [1.54, 1.807) is 24.3 Å². The zero-order chi connectivity index (χ0) is 20.8. The number of rotatable bonds is 7. The topological polar surface area (TPSA) is 71.1 Å². The zero-order valence-corrected chi connectivity index (χ0v) is 16.2. The fourth-order valence-electron chi connectivity index (χ4n) is 2.94. The summed E-state index contributed by atoms with van der Waals surface area (Å²) >= 11 is 0. The predicted octanol–water partition coefficient (Wildman–Crippen LogP) is 3.36. The molecule has 1 heterocycles. The minimum absolute atomic E-state index is 0.128. The number of ether oxygens (including phenoxy) is 4. The summed E-state index contributed by atoms with van der Waals surface area (Å²) in [5.74, 6) is -1.20. The molecule has 1 aliphatic heterocycles. The Bertz CT molecular complexity index is 823. The second-order valence-electron chi connectivity index (χ2n) is 6.82. The van der Waals surface area contributed by atoms with Crippen LogP contribution in [0.25, 0.3) is 0 Å². The van der Waals surface area contributed by atoms with E-state index in [2.05, 4.69) is 0 Å². The highest BCUT2D eigenvalue weighted by molar-refractivity contribution is 5.89. The van der Waals surface area contributed by atoms with Crippen molar-refractivity contribution in [3.8, 4) is 0 Å². The standard InChI is InChI=1S/C22H23FO6/c1-14-8-10-17(11-9-14)21(25)27-13-18-19(23)20(22(29-18)28-15(2)24)26-12-16-6-4-3-5-7-16/h3-11,18-20,22H,12-13H2,1-2H3/t18-,19-,20-,22+/m1/s1. The third kappa shape index (κ3) is 5.62. The van der Waals surface area contributed by atoms with Gasteiger partial charge in [0.15, 0.2) is 12.3 Å². The molecule has 4 atom stereocenters. The van der Waals surface area contributed by atoms with Gasteiger partial charge in [-0.3, -0.25) is 4.79 Å². The summed E-state index contributed by atoms with van der Waals surface area (Å²) in [6.45, 7) is 2.91. The lowest BCUT2D eigenvalue weighted by Crippen LogP contribution is -2.35. The molecular weight excluding hydrogens is 379 g/mol. The molecule has 154 valence electrons. The Morgan fingerprint density at radius 1 is 1.07 bits per heavy atom. The maximum atomic E-state index is 14.9. The molecule has 0 N–H and O–H groups in total. The Morgan fingerprint density at radius 2 is 1.76 bits per heavy atom. The van der Waals surface area contributed by atoms with Gasteiger partial charge in [-0.2, -0.15) is 0 Å². The van der Waals surface area contributed by atoms with Crippen molar-refractivity contribution in [1.29, 1.82) is 0 Å². The Labute approximate surface area is 168 Å². The van der Waals surface area contributed by atoms with Gasteiger partial charge in [0.2, 0.25) is 6.29 Å². The third-order valence-electron chi connectivity index (χ3n) is 4.48. The van der Waals surface area contributed by atoms with Crippen LogP contribution in [0.15, 0.2) is 54.6 Å². The Kier molecular flexibility index (Phi) is 6.95. The molecule has 6 nitrogen and oxygen atoms in total. The van der Waals surface area contributed by atoms with E-state index < -0.39 is 36.6 Å². The first-order valence-electron chi connectivity index (χ1n) is 9.30. The Morgan fingerprint density at radius 3 is 2.41 bits per heavy atom. The summed E-state index contributed by atoms with van der Waals surface area (Å²) in [6.07, 6.45) is -5.07. The second kappa shape index (κ2) is 9.62. The number of benzene rings is 2. The van der Waals surface area contributed by atoms with Crippen molar-refractivity contribution < 1.29 is 32.9 Å². The van der Waals surface area contributed by atoms with E-state index in [9.17, 15) is 14.0 Å². The summed E-state index contributed by atoms with van der Waals surface area (Å²) < 4.78 is 36.3. The largest absolute Gasteiger partial charge is 0.459 e. The molecule has 0 bridgehead atoms. The molecule has 3 rings (SSSR count). The van der Waals surface area contributed by atoms with Gasteiger partial charge >= 0.3 is 11.9 Å². The number of alkyl halides is 1. The highest BCUT2D eigenvalue weighted by atomic mass is 19.1. The van der Waals surface area contributed by atoms with Crippen molar-refractivity contribution in [2.75, 3.05) is 6.61 Å². The lowest BCUT2D eigenvalue weighted by molar-refractivity contribution is -0.194. The fraction of sp³-hybridized carbons (Fsp3) is 0.364. The normalized spacial score (nSPS) is 23.6. The first-order valence-corrected chi connectivity index (χ1v) is 9.30. The summed E-state index contributed by atoms with van der Waals surface area (Å²) in [5.41, 5.74) is 2.21. The summed E-state index contributed by atoms with van der Waals surface area (Å²) in [4.78, 5) is 23.5. The van der Waals surface area contributed by atoms with Crippen LogP contribution in [-0.4, -0.2) is 43.2 Å². The summed E-state index contributed by atoms with van der Waals surface area (Å²) in [7, 11) is 0. The molecule has 29 heavy (non-hydrogen) atoms. The number of aryl methyl sites for hydroxylation is 1. The van der Waals surface area contributed by atoms with E-state index in [0.29, 0.717) is 5.56 Å². The van der Waals surface area contributed by atoms with Crippen molar-refractivity contribution in [1.82, 2.24) is 0 Å². The average Bonchev–Trinajstić information content (AvgIpc) is 2.99. The molecule has 2 aromatic carbocycles. The molecule has 0 aliphatic carbocycles. The SMILES string of the molecule is CC(=O)O[C@H]1O[C@H](COC(=O)c2ccc(C)cc2)[C@@H](F)[C@H]1OCc1ccccc1. The zero-order valence-electron chi connectivity index (χ0n) is 16.2. The van der Waals surface area contributed by atoms with Crippen molar-refractivity contribution in [2.24, 2.45) is 0 Å². The van der Waals surface area contributed by atoms with Crippen molar-refractivity contribution in [3.05, 3.63) is 71.3 Å². The quantitative estimate of drug-likeness (QED) is 0.662. The minimum Gasteiger partial charge on any atom is -0.459 e. The molecule has 0 saturated carbocycles. The molecule has 0 amide bonds. The maximum Gasteiger partial charge on any atom is 0.338 e. The van der Waals surface area contributed by atoms with Gasteiger partial charge in [-0.25, -0.2) is 9.18 Å². The van der Waals surface area contributed by atoms with Gasteiger partial charge in [-0.1, -0.05) is 48.0 Å². The number of esters is 2. The smallest absolute Gasteiger partial charge is 0.338 e.